The molecule has 0 unspecified atom stereocenters. The van der Waals surface area contributed by atoms with E-state index in [-0.39, 0.29) is 24.4 Å². The summed E-state index contributed by atoms with van der Waals surface area (Å²) in [5, 5.41) is 5.75. The van der Waals surface area contributed by atoms with Crippen molar-refractivity contribution >= 4 is 18.3 Å². The first-order valence-corrected chi connectivity index (χ1v) is 4.53. The summed E-state index contributed by atoms with van der Waals surface area (Å²) in [6.45, 7) is 6.93. The van der Waals surface area contributed by atoms with Crippen molar-refractivity contribution in [2.75, 3.05) is 13.6 Å². The van der Waals surface area contributed by atoms with Gasteiger partial charge in [-0.2, -0.15) is 0 Å². The Kier molecular flexibility index (Phi) is 9.74. The van der Waals surface area contributed by atoms with E-state index in [1.807, 2.05) is 6.92 Å². The quantitative estimate of drug-likeness (QED) is 0.713. The number of carbonyl (C=O) groups is 1. The molecule has 1 amide bonds. The molecule has 80 valence electrons. The third-order valence-corrected chi connectivity index (χ3v) is 1.85. The van der Waals surface area contributed by atoms with Gasteiger partial charge in [0.15, 0.2) is 0 Å². The average Bonchev–Trinajstić information content (AvgIpc) is 2.02. The molecule has 0 radical (unpaired) electrons. The molecule has 0 aromatic rings. The van der Waals surface area contributed by atoms with E-state index >= 15 is 0 Å². The highest BCUT2D eigenvalue weighted by Crippen LogP contribution is 1.96. The van der Waals surface area contributed by atoms with Gasteiger partial charge in [0, 0.05) is 6.54 Å². The average molecular weight is 209 g/mol. The van der Waals surface area contributed by atoms with Crippen molar-refractivity contribution in [1.82, 2.24) is 10.6 Å². The number of likely N-dealkylation sites (N-methyl/N-ethyl adjacent to an activating group) is 1. The van der Waals surface area contributed by atoms with Crippen LogP contribution in [-0.4, -0.2) is 25.5 Å². The normalized spacial score (nSPS) is 12.1. The van der Waals surface area contributed by atoms with Crippen LogP contribution in [0.1, 0.15) is 27.2 Å². The molecule has 0 saturated heterocycles. The molecule has 4 heteroatoms. The van der Waals surface area contributed by atoms with Crippen LogP contribution in [0.5, 0.6) is 0 Å². The monoisotopic (exact) mass is 208 g/mol. The Morgan fingerprint density at radius 1 is 1.31 bits per heavy atom. The Morgan fingerprint density at radius 2 is 1.85 bits per heavy atom. The molecular weight excluding hydrogens is 188 g/mol. The molecule has 0 bridgehead atoms. The highest BCUT2D eigenvalue weighted by Gasteiger charge is 2.08. The molecule has 0 aliphatic rings. The lowest BCUT2D eigenvalue weighted by molar-refractivity contribution is -0.122. The standard InChI is InChI=1S/C9H20N2O.ClH/c1-7(2)5-6-11-9(12)8(3)10-4;/h7-8,10H,5-6H2,1-4H3,(H,11,12);1H/t8-;/m0./s1. The zero-order valence-electron chi connectivity index (χ0n) is 8.89. The summed E-state index contributed by atoms with van der Waals surface area (Å²) in [6, 6.07) is -0.0860. The smallest absolute Gasteiger partial charge is 0.236 e. The zero-order chi connectivity index (χ0) is 9.56. The first-order chi connectivity index (χ1) is 5.57. The van der Waals surface area contributed by atoms with Gasteiger partial charge in [0.05, 0.1) is 6.04 Å². The Balaban J connectivity index is 0. The highest BCUT2D eigenvalue weighted by atomic mass is 35.5. The summed E-state index contributed by atoms with van der Waals surface area (Å²) in [7, 11) is 1.78. The van der Waals surface area contributed by atoms with E-state index < -0.39 is 0 Å². The van der Waals surface area contributed by atoms with Gasteiger partial charge in [-0.1, -0.05) is 13.8 Å². The van der Waals surface area contributed by atoms with Crippen LogP contribution < -0.4 is 10.6 Å². The minimum Gasteiger partial charge on any atom is -0.355 e. The van der Waals surface area contributed by atoms with Crippen LogP contribution >= 0.6 is 12.4 Å². The first-order valence-electron chi connectivity index (χ1n) is 4.53. The van der Waals surface area contributed by atoms with E-state index in [0.29, 0.717) is 5.92 Å². The van der Waals surface area contributed by atoms with Gasteiger partial charge in [-0.05, 0) is 26.3 Å². The predicted octanol–water partition coefficient (Wildman–Crippen LogP) is 1.18. The highest BCUT2D eigenvalue weighted by molar-refractivity contribution is 5.85. The fourth-order valence-electron chi connectivity index (χ4n) is 0.768. The van der Waals surface area contributed by atoms with Crippen molar-refractivity contribution in [3.05, 3.63) is 0 Å². The van der Waals surface area contributed by atoms with Gasteiger partial charge in [-0.25, -0.2) is 0 Å². The van der Waals surface area contributed by atoms with Crippen molar-refractivity contribution < 1.29 is 4.79 Å². The number of carbonyl (C=O) groups excluding carboxylic acids is 1. The third-order valence-electron chi connectivity index (χ3n) is 1.85. The van der Waals surface area contributed by atoms with Gasteiger partial charge in [0.2, 0.25) is 5.91 Å². The van der Waals surface area contributed by atoms with Crippen molar-refractivity contribution in [2.24, 2.45) is 5.92 Å². The summed E-state index contributed by atoms with van der Waals surface area (Å²) >= 11 is 0. The number of hydrogen-bond acceptors (Lipinski definition) is 2. The van der Waals surface area contributed by atoms with Crippen LogP contribution in [0.4, 0.5) is 0 Å². The first kappa shape index (κ1) is 15.2. The molecule has 0 spiro atoms. The van der Waals surface area contributed by atoms with E-state index in [9.17, 15) is 4.79 Å². The molecule has 0 rings (SSSR count). The van der Waals surface area contributed by atoms with Crippen LogP contribution in [0.15, 0.2) is 0 Å². The Labute approximate surface area is 87.1 Å². The summed E-state index contributed by atoms with van der Waals surface area (Å²) in [5.41, 5.74) is 0. The lowest BCUT2D eigenvalue weighted by atomic mass is 10.1. The van der Waals surface area contributed by atoms with E-state index in [4.69, 9.17) is 0 Å². The number of hydrogen-bond donors (Lipinski definition) is 2. The second-order valence-corrected chi connectivity index (χ2v) is 3.48. The number of amides is 1. The summed E-state index contributed by atoms with van der Waals surface area (Å²) < 4.78 is 0. The molecule has 0 aliphatic carbocycles. The van der Waals surface area contributed by atoms with Gasteiger partial charge >= 0.3 is 0 Å². The Hall–Kier alpha value is -0.280. The molecular formula is C9H21ClN2O. The van der Waals surface area contributed by atoms with Crippen molar-refractivity contribution in [3.8, 4) is 0 Å². The van der Waals surface area contributed by atoms with Gasteiger partial charge in [-0.15, -0.1) is 12.4 Å². The maximum Gasteiger partial charge on any atom is 0.236 e. The van der Waals surface area contributed by atoms with E-state index in [0.717, 1.165) is 13.0 Å². The maximum atomic E-state index is 11.2. The van der Waals surface area contributed by atoms with Crippen molar-refractivity contribution in [1.29, 1.82) is 0 Å². The lowest BCUT2D eigenvalue weighted by Gasteiger charge is -2.11. The molecule has 0 aromatic carbocycles. The lowest BCUT2D eigenvalue weighted by Crippen LogP contribution is -2.40. The minimum atomic E-state index is -0.0860. The Bertz CT molecular complexity index is 140. The van der Waals surface area contributed by atoms with Crippen molar-refractivity contribution in [3.63, 3.8) is 0 Å². The summed E-state index contributed by atoms with van der Waals surface area (Å²) in [5.74, 6) is 0.730. The second kappa shape index (κ2) is 8.32. The van der Waals surface area contributed by atoms with E-state index in [1.165, 1.54) is 0 Å². The minimum absolute atomic E-state index is 0. The third kappa shape index (κ3) is 8.06. The number of nitrogens with one attached hydrogen (secondary N) is 2. The van der Waals surface area contributed by atoms with Crippen LogP contribution in [0.25, 0.3) is 0 Å². The van der Waals surface area contributed by atoms with Gasteiger partial charge < -0.3 is 10.6 Å². The number of rotatable bonds is 5. The van der Waals surface area contributed by atoms with E-state index in [1.54, 1.807) is 7.05 Å². The fraction of sp³-hybridized carbons (Fsp3) is 0.889. The summed E-state index contributed by atoms with van der Waals surface area (Å²) in [6.07, 6.45) is 1.04. The topological polar surface area (TPSA) is 41.1 Å². The molecule has 0 saturated carbocycles. The molecule has 0 fully saturated rings. The Morgan fingerprint density at radius 3 is 2.23 bits per heavy atom. The van der Waals surface area contributed by atoms with E-state index in [2.05, 4.69) is 24.5 Å². The zero-order valence-corrected chi connectivity index (χ0v) is 9.70. The van der Waals surface area contributed by atoms with Gasteiger partial charge in [0.25, 0.3) is 0 Å². The predicted molar refractivity (Wildman–Crippen MR) is 58.2 cm³/mol. The molecule has 2 N–H and O–H groups in total. The van der Waals surface area contributed by atoms with Crippen LogP contribution in [-0.2, 0) is 4.79 Å². The summed E-state index contributed by atoms with van der Waals surface area (Å²) in [4.78, 5) is 11.2. The largest absolute Gasteiger partial charge is 0.355 e. The van der Waals surface area contributed by atoms with Gasteiger partial charge in [0.1, 0.15) is 0 Å². The molecule has 0 aliphatic heterocycles. The molecule has 0 heterocycles. The number of halogens is 1. The van der Waals surface area contributed by atoms with Crippen LogP contribution in [0.3, 0.4) is 0 Å². The van der Waals surface area contributed by atoms with Crippen LogP contribution in [0, 0.1) is 5.92 Å². The second-order valence-electron chi connectivity index (χ2n) is 3.48. The molecule has 0 aromatic heterocycles. The maximum absolute atomic E-state index is 11.2. The molecule has 1 atom stereocenters. The fourth-order valence-corrected chi connectivity index (χ4v) is 0.768. The molecule has 3 nitrogen and oxygen atoms in total. The SMILES string of the molecule is CN[C@@H](C)C(=O)NCCC(C)C.Cl. The van der Waals surface area contributed by atoms with Crippen molar-refractivity contribution in [2.45, 2.75) is 33.2 Å². The van der Waals surface area contributed by atoms with Crippen LogP contribution in [0.2, 0.25) is 0 Å². The molecule has 13 heavy (non-hydrogen) atoms. The van der Waals surface area contributed by atoms with Gasteiger partial charge in [-0.3, -0.25) is 4.79 Å².